The minimum absolute atomic E-state index is 0.301. The first-order valence-electron chi connectivity index (χ1n) is 6.36. The summed E-state index contributed by atoms with van der Waals surface area (Å²) in [7, 11) is 0. The first-order valence-corrected chi connectivity index (χ1v) is 6.36. The standard InChI is InChI=1S/C14H18FNO2/c1-2-18-14(17)13(16-9-10-3-4-10)11-5-7-12(15)8-6-11/h5-8,10,13,16H,2-4,9H2,1H3. The van der Waals surface area contributed by atoms with Gasteiger partial charge in [0.2, 0.25) is 0 Å². The molecule has 2 rings (SSSR count). The van der Waals surface area contributed by atoms with E-state index < -0.39 is 6.04 Å². The molecular weight excluding hydrogens is 233 g/mol. The molecule has 98 valence electrons. The van der Waals surface area contributed by atoms with Crippen LogP contribution in [0.1, 0.15) is 31.4 Å². The highest BCUT2D eigenvalue weighted by atomic mass is 19.1. The van der Waals surface area contributed by atoms with Gasteiger partial charge in [-0.1, -0.05) is 12.1 Å². The molecule has 0 amide bonds. The van der Waals surface area contributed by atoms with Crippen LogP contribution in [0.4, 0.5) is 4.39 Å². The zero-order valence-electron chi connectivity index (χ0n) is 10.5. The van der Waals surface area contributed by atoms with Crippen molar-refractivity contribution in [2.45, 2.75) is 25.8 Å². The van der Waals surface area contributed by atoms with Crippen molar-refractivity contribution in [3.05, 3.63) is 35.6 Å². The third-order valence-electron chi connectivity index (χ3n) is 3.03. The van der Waals surface area contributed by atoms with Crippen LogP contribution in [-0.2, 0) is 9.53 Å². The smallest absolute Gasteiger partial charge is 0.327 e. The van der Waals surface area contributed by atoms with E-state index in [0.29, 0.717) is 12.5 Å². The van der Waals surface area contributed by atoms with Crippen molar-refractivity contribution in [2.75, 3.05) is 13.2 Å². The molecule has 0 spiro atoms. The molecule has 1 aromatic carbocycles. The monoisotopic (exact) mass is 251 g/mol. The number of esters is 1. The number of hydrogen-bond donors (Lipinski definition) is 1. The Morgan fingerprint density at radius 2 is 2.11 bits per heavy atom. The van der Waals surface area contributed by atoms with Gasteiger partial charge < -0.3 is 10.1 Å². The van der Waals surface area contributed by atoms with Gasteiger partial charge in [-0.2, -0.15) is 0 Å². The van der Waals surface area contributed by atoms with Crippen molar-refractivity contribution in [3.8, 4) is 0 Å². The molecule has 1 atom stereocenters. The number of rotatable bonds is 6. The number of benzene rings is 1. The van der Waals surface area contributed by atoms with Gasteiger partial charge in [0, 0.05) is 0 Å². The summed E-state index contributed by atoms with van der Waals surface area (Å²) in [4.78, 5) is 11.9. The van der Waals surface area contributed by atoms with E-state index in [0.717, 1.165) is 12.1 Å². The van der Waals surface area contributed by atoms with Crippen molar-refractivity contribution in [1.29, 1.82) is 0 Å². The average molecular weight is 251 g/mol. The van der Waals surface area contributed by atoms with Gasteiger partial charge in [-0.05, 0) is 49.9 Å². The Morgan fingerprint density at radius 1 is 1.44 bits per heavy atom. The summed E-state index contributed by atoms with van der Waals surface area (Å²) in [5.74, 6) is 0.0654. The Hall–Kier alpha value is -1.42. The SMILES string of the molecule is CCOC(=O)C(NCC1CC1)c1ccc(F)cc1. The predicted octanol–water partition coefficient (Wildman–Crippen LogP) is 2.43. The van der Waals surface area contributed by atoms with Gasteiger partial charge in [0.1, 0.15) is 11.9 Å². The summed E-state index contributed by atoms with van der Waals surface area (Å²) in [5.41, 5.74) is 0.746. The Labute approximate surface area is 106 Å². The molecular formula is C14H18FNO2. The molecule has 0 heterocycles. The number of ether oxygens (including phenoxy) is 1. The van der Waals surface area contributed by atoms with E-state index in [-0.39, 0.29) is 11.8 Å². The first kappa shape index (κ1) is 13.0. The summed E-state index contributed by atoms with van der Waals surface area (Å²) in [5, 5.41) is 3.21. The number of halogens is 1. The Bertz CT molecular complexity index is 401. The summed E-state index contributed by atoms with van der Waals surface area (Å²) >= 11 is 0. The maximum Gasteiger partial charge on any atom is 0.327 e. The van der Waals surface area contributed by atoms with Crippen LogP contribution in [0, 0.1) is 11.7 Å². The number of hydrogen-bond acceptors (Lipinski definition) is 3. The molecule has 1 N–H and O–H groups in total. The van der Waals surface area contributed by atoms with Crippen LogP contribution in [0.15, 0.2) is 24.3 Å². The lowest BCUT2D eigenvalue weighted by atomic mass is 10.1. The second-order valence-electron chi connectivity index (χ2n) is 4.59. The first-order chi connectivity index (χ1) is 8.70. The molecule has 0 bridgehead atoms. The molecule has 1 saturated carbocycles. The lowest BCUT2D eigenvalue weighted by molar-refractivity contribution is -0.145. The third kappa shape index (κ3) is 3.53. The molecule has 1 fully saturated rings. The van der Waals surface area contributed by atoms with Crippen LogP contribution in [0.5, 0.6) is 0 Å². The molecule has 1 aromatic rings. The van der Waals surface area contributed by atoms with Gasteiger partial charge in [-0.3, -0.25) is 0 Å². The Morgan fingerprint density at radius 3 is 2.67 bits per heavy atom. The van der Waals surface area contributed by atoms with Crippen molar-refractivity contribution >= 4 is 5.97 Å². The average Bonchev–Trinajstić information content (AvgIpc) is 3.16. The van der Waals surface area contributed by atoms with Gasteiger partial charge >= 0.3 is 5.97 Å². The zero-order chi connectivity index (χ0) is 13.0. The van der Waals surface area contributed by atoms with Crippen LogP contribution in [0.25, 0.3) is 0 Å². The predicted molar refractivity (Wildman–Crippen MR) is 66.5 cm³/mol. The van der Waals surface area contributed by atoms with Crippen LogP contribution in [-0.4, -0.2) is 19.1 Å². The molecule has 1 unspecified atom stereocenters. The lowest BCUT2D eigenvalue weighted by Gasteiger charge is -2.17. The largest absolute Gasteiger partial charge is 0.465 e. The minimum Gasteiger partial charge on any atom is -0.465 e. The van der Waals surface area contributed by atoms with E-state index in [4.69, 9.17) is 4.74 Å². The van der Waals surface area contributed by atoms with Gasteiger partial charge in [-0.25, -0.2) is 9.18 Å². The van der Waals surface area contributed by atoms with Crippen molar-refractivity contribution in [1.82, 2.24) is 5.32 Å². The van der Waals surface area contributed by atoms with Crippen LogP contribution in [0.2, 0.25) is 0 Å². The summed E-state index contributed by atoms with van der Waals surface area (Å²) in [6.07, 6.45) is 2.43. The maximum atomic E-state index is 12.9. The molecule has 3 nitrogen and oxygen atoms in total. The second kappa shape index (κ2) is 5.96. The molecule has 4 heteroatoms. The van der Waals surface area contributed by atoms with E-state index in [1.165, 1.54) is 25.0 Å². The molecule has 0 saturated heterocycles. The maximum absolute atomic E-state index is 12.9. The summed E-state index contributed by atoms with van der Waals surface area (Å²) in [6.45, 7) is 2.93. The van der Waals surface area contributed by atoms with Gasteiger partial charge in [-0.15, -0.1) is 0 Å². The fraction of sp³-hybridized carbons (Fsp3) is 0.500. The number of carbonyl (C=O) groups is 1. The molecule has 0 radical (unpaired) electrons. The fourth-order valence-electron chi connectivity index (χ4n) is 1.82. The fourth-order valence-corrected chi connectivity index (χ4v) is 1.82. The van der Waals surface area contributed by atoms with E-state index >= 15 is 0 Å². The summed E-state index contributed by atoms with van der Waals surface area (Å²) in [6, 6.07) is 5.47. The number of carbonyl (C=O) groups excluding carboxylic acids is 1. The van der Waals surface area contributed by atoms with Crippen LogP contribution < -0.4 is 5.32 Å². The molecule has 0 aliphatic heterocycles. The number of nitrogens with one attached hydrogen (secondary N) is 1. The van der Waals surface area contributed by atoms with E-state index in [2.05, 4.69) is 5.32 Å². The lowest BCUT2D eigenvalue weighted by Crippen LogP contribution is -2.31. The van der Waals surface area contributed by atoms with Crippen molar-refractivity contribution in [2.24, 2.45) is 5.92 Å². The van der Waals surface area contributed by atoms with E-state index in [1.807, 2.05) is 0 Å². The third-order valence-corrected chi connectivity index (χ3v) is 3.03. The van der Waals surface area contributed by atoms with E-state index in [9.17, 15) is 9.18 Å². The second-order valence-corrected chi connectivity index (χ2v) is 4.59. The van der Waals surface area contributed by atoms with E-state index in [1.54, 1.807) is 19.1 Å². The minimum atomic E-state index is -0.494. The summed E-state index contributed by atoms with van der Waals surface area (Å²) < 4.78 is 17.9. The van der Waals surface area contributed by atoms with Crippen molar-refractivity contribution < 1.29 is 13.9 Å². The molecule has 0 aromatic heterocycles. The molecule has 1 aliphatic carbocycles. The highest BCUT2D eigenvalue weighted by Gasteiger charge is 2.26. The quantitative estimate of drug-likeness (QED) is 0.789. The van der Waals surface area contributed by atoms with Crippen molar-refractivity contribution in [3.63, 3.8) is 0 Å². The topological polar surface area (TPSA) is 38.3 Å². The Kier molecular flexibility index (Phi) is 4.31. The van der Waals surface area contributed by atoms with Gasteiger partial charge in [0.15, 0.2) is 0 Å². The highest BCUT2D eigenvalue weighted by Crippen LogP contribution is 2.28. The molecule has 1 aliphatic rings. The Balaban J connectivity index is 2.06. The highest BCUT2D eigenvalue weighted by molar-refractivity contribution is 5.77. The zero-order valence-corrected chi connectivity index (χ0v) is 10.5. The van der Waals surface area contributed by atoms with Crippen LogP contribution in [0.3, 0.4) is 0 Å². The van der Waals surface area contributed by atoms with Gasteiger partial charge in [0.05, 0.1) is 6.61 Å². The molecule has 18 heavy (non-hydrogen) atoms. The van der Waals surface area contributed by atoms with Gasteiger partial charge in [0.25, 0.3) is 0 Å². The van der Waals surface area contributed by atoms with Crippen LogP contribution >= 0.6 is 0 Å². The normalized spacial score (nSPS) is 16.3.